The second kappa shape index (κ2) is 8.53. The SMILES string of the molecule is Cn1ccnc1SCc1cccc(C(=O)NCCc2ccccc2)c1. The molecule has 0 unspecified atom stereocenters. The van der Waals surface area contributed by atoms with Gasteiger partial charge in [0.25, 0.3) is 5.91 Å². The molecular weight excluding hydrogens is 330 g/mol. The highest BCUT2D eigenvalue weighted by molar-refractivity contribution is 7.98. The van der Waals surface area contributed by atoms with E-state index in [9.17, 15) is 4.79 Å². The monoisotopic (exact) mass is 351 g/mol. The molecule has 0 fully saturated rings. The maximum Gasteiger partial charge on any atom is 0.251 e. The predicted octanol–water partition coefficient (Wildman–Crippen LogP) is 3.68. The van der Waals surface area contributed by atoms with Crippen LogP contribution in [0.15, 0.2) is 72.1 Å². The summed E-state index contributed by atoms with van der Waals surface area (Å²) in [5, 5.41) is 3.96. The summed E-state index contributed by atoms with van der Waals surface area (Å²) in [6.45, 7) is 0.634. The zero-order valence-electron chi connectivity index (χ0n) is 14.2. The van der Waals surface area contributed by atoms with Crippen LogP contribution < -0.4 is 5.32 Å². The molecule has 0 aliphatic rings. The van der Waals surface area contributed by atoms with Crippen LogP contribution in [0.4, 0.5) is 0 Å². The number of carbonyl (C=O) groups is 1. The normalized spacial score (nSPS) is 10.6. The molecular formula is C20H21N3OS. The molecule has 0 saturated heterocycles. The number of nitrogens with zero attached hydrogens (tertiary/aromatic N) is 2. The fourth-order valence-electron chi connectivity index (χ4n) is 2.51. The van der Waals surface area contributed by atoms with Crippen molar-refractivity contribution in [2.24, 2.45) is 7.05 Å². The third kappa shape index (κ3) is 4.97. The van der Waals surface area contributed by atoms with Gasteiger partial charge in [0.15, 0.2) is 5.16 Å². The van der Waals surface area contributed by atoms with Crippen molar-refractivity contribution in [3.05, 3.63) is 83.7 Å². The van der Waals surface area contributed by atoms with E-state index in [0.29, 0.717) is 12.1 Å². The number of amides is 1. The van der Waals surface area contributed by atoms with Gasteiger partial charge in [-0.3, -0.25) is 4.79 Å². The minimum atomic E-state index is -0.0280. The van der Waals surface area contributed by atoms with Gasteiger partial charge < -0.3 is 9.88 Å². The highest BCUT2D eigenvalue weighted by Gasteiger charge is 2.07. The second-order valence-corrected chi connectivity index (χ2v) is 6.74. The molecule has 3 rings (SSSR count). The molecule has 0 aliphatic carbocycles. The Morgan fingerprint density at radius 3 is 2.68 bits per heavy atom. The summed E-state index contributed by atoms with van der Waals surface area (Å²) in [5.74, 6) is 0.760. The molecule has 1 heterocycles. The van der Waals surface area contributed by atoms with Crippen molar-refractivity contribution in [2.75, 3.05) is 6.54 Å². The van der Waals surface area contributed by atoms with Gasteiger partial charge in [-0.2, -0.15) is 0 Å². The number of aryl methyl sites for hydroxylation is 1. The van der Waals surface area contributed by atoms with Crippen LogP contribution in [0.25, 0.3) is 0 Å². The molecule has 3 aromatic rings. The fourth-order valence-corrected chi connectivity index (χ4v) is 3.38. The summed E-state index contributed by atoms with van der Waals surface area (Å²) in [6.07, 6.45) is 4.55. The predicted molar refractivity (Wildman–Crippen MR) is 102 cm³/mol. The average molecular weight is 351 g/mol. The van der Waals surface area contributed by atoms with Crippen molar-refractivity contribution >= 4 is 17.7 Å². The minimum absolute atomic E-state index is 0.0280. The number of thioether (sulfide) groups is 1. The van der Waals surface area contributed by atoms with E-state index in [0.717, 1.165) is 22.9 Å². The topological polar surface area (TPSA) is 46.9 Å². The Bertz CT molecular complexity index is 830. The number of carbonyl (C=O) groups excluding carboxylic acids is 1. The van der Waals surface area contributed by atoms with Crippen LogP contribution in [0.5, 0.6) is 0 Å². The fraction of sp³-hybridized carbons (Fsp3) is 0.200. The Labute approximate surface area is 152 Å². The first-order valence-electron chi connectivity index (χ1n) is 8.23. The van der Waals surface area contributed by atoms with E-state index < -0.39 is 0 Å². The second-order valence-electron chi connectivity index (χ2n) is 5.80. The first kappa shape index (κ1) is 17.3. The highest BCUT2D eigenvalue weighted by Crippen LogP contribution is 2.21. The Kier molecular flexibility index (Phi) is 5.90. The van der Waals surface area contributed by atoms with Crippen molar-refractivity contribution in [1.29, 1.82) is 0 Å². The van der Waals surface area contributed by atoms with Crippen molar-refractivity contribution in [2.45, 2.75) is 17.3 Å². The first-order chi connectivity index (χ1) is 12.2. The van der Waals surface area contributed by atoms with E-state index >= 15 is 0 Å². The van der Waals surface area contributed by atoms with E-state index in [1.165, 1.54) is 5.56 Å². The minimum Gasteiger partial charge on any atom is -0.352 e. The van der Waals surface area contributed by atoms with Crippen LogP contribution in [0.3, 0.4) is 0 Å². The van der Waals surface area contributed by atoms with Gasteiger partial charge in [-0.05, 0) is 29.7 Å². The first-order valence-corrected chi connectivity index (χ1v) is 9.22. The zero-order valence-corrected chi connectivity index (χ0v) is 15.0. The molecule has 0 aliphatic heterocycles. The van der Waals surface area contributed by atoms with Gasteiger partial charge in [0.1, 0.15) is 0 Å². The average Bonchev–Trinajstić information content (AvgIpc) is 3.06. The Hall–Kier alpha value is -2.53. The number of hydrogen-bond acceptors (Lipinski definition) is 3. The molecule has 1 amide bonds. The Balaban J connectivity index is 1.53. The lowest BCUT2D eigenvalue weighted by molar-refractivity contribution is 0.0954. The molecule has 1 aromatic heterocycles. The van der Waals surface area contributed by atoms with Crippen LogP contribution in [0.2, 0.25) is 0 Å². The van der Waals surface area contributed by atoms with Gasteiger partial charge in [0.2, 0.25) is 0 Å². The van der Waals surface area contributed by atoms with Crippen molar-refractivity contribution in [1.82, 2.24) is 14.9 Å². The van der Waals surface area contributed by atoms with Gasteiger partial charge >= 0.3 is 0 Å². The lowest BCUT2D eigenvalue weighted by atomic mass is 10.1. The van der Waals surface area contributed by atoms with Crippen molar-refractivity contribution in [3.63, 3.8) is 0 Å². The molecule has 25 heavy (non-hydrogen) atoms. The number of nitrogens with one attached hydrogen (secondary N) is 1. The molecule has 2 aromatic carbocycles. The van der Waals surface area contributed by atoms with Crippen LogP contribution >= 0.6 is 11.8 Å². The summed E-state index contributed by atoms with van der Waals surface area (Å²) in [4.78, 5) is 16.6. The summed E-state index contributed by atoms with van der Waals surface area (Å²) in [7, 11) is 1.98. The lowest BCUT2D eigenvalue weighted by Crippen LogP contribution is -2.25. The third-order valence-corrected chi connectivity index (χ3v) is 5.01. The van der Waals surface area contributed by atoms with Crippen LogP contribution in [0.1, 0.15) is 21.5 Å². The van der Waals surface area contributed by atoms with Crippen LogP contribution in [0, 0.1) is 0 Å². The van der Waals surface area contributed by atoms with E-state index in [4.69, 9.17) is 0 Å². The third-order valence-electron chi connectivity index (χ3n) is 3.88. The van der Waals surface area contributed by atoms with E-state index in [1.807, 2.05) is 60.3 Å². The smallest absolute Gasteiger partial charge is 0.251 e. The number of rotatable bonds is 7. The summed E-state index contributed by atoms with van der Waals surface area (Å²) in [6, 6.07) is 17.9. The van der Waals surface area contributed by atoms with Crippen LogP contribution in [-0.2, 0) is 19.2 Å². The standard InChI is InChI=1S/C20H21N3OS/c1-23-13-12-22-20(23)25-15-17-8-5-9-18(14-17)19(24)21-11-10-16-6-3-2-4-7-16/h2-9,12-14H,10-11,15H2,1H3,(H,21,24). The van der Waals surface area contributed by atoms with Gasteiger partial charge in [-0.15, -0.1) is 0 Å². The van der Waals surface area contributed by atoms with E-state index in [2.05, 4.69) is 22.4 Å². The largest absolute Gasteiger partial charge is 0.352 e. The highest BCUT2D eigenvalue weighted by atomic mass is 32.2. The summed E-state index contributed by atoms with van der Waals surface area (Å²) in [5.41, 5.74) is 3.04. The van der Waals surface area contributed by atoms with Crippen molar-refractivity contribution in [3.8, 4) is 0 Å². The lowest BCUT2D eigenvalue weighted by Gasteiger charge is -2.07. The van der Waals surface area contributed by atoms with E-state index in [1.54, 1.807) is 18.0 Å². The van der Waals surface area contributed by atoms with Crippen molar-refractivity contribution < 1.29 is 4.79 Å². The molecule has 0 radical (unpaired) electrons. The molecule has 0 saturated carbocycles. The van der Waals surface area contributed by atoms with Gasteiger partial charge in [-0.25, -0.2) is 4.98 Å². The summed E-state index contributed by atoms with van der Waals surface area (Å²) >= 11 is 1.66. The molecule has 5 heteroatoms. The number of imidazole rings is 1. The molecule has 0 spiro atoms. The molecule has 128 valence electrons. The Morgan fingerprint density at radius 2 is 1.92 bits per heavy atom. The zero-order chi connectivity index (χ0) is 17.5. The quantitative estimate of drug-likeness (QED) is 0.661. The number of aromatic nitrogens is 2. The van der Waals surface area contributed by atoms with Gasteiger partial charge in [-0.1, -0.05) is 54.2 Å². The molecule has 0 atom stereocenters. The molecule has 0 bridgehead atoms. The molecule has 1 N–H and O–H groups in total. The van der Waals surface area contributed by atoms with Gasteiger partial charge in [0, 0.05) is 37.3 Å². The maximum atomic E-state index is 12.3. The number of benzene rings is 2. The summed E-state index contributed by atoms with van der Waals surface area (Å²) < 4.78 is 1.99. The van der Waals surface area contributed by atoms with Gasteiger partial charge in [0.05, 0.1) is 0 Å². The number of hydrogen-bond donors (Lipinski definition) is 1. The Morgan fingerprint density at radius 1 is 1.12 bits per heavy atom. The van der Waals surface area contributed by atoms with Crippen LogP contribution in [-0.4, -0.2) is 22.0 Å². The molecule has 4 nitrogen and oxygen atoms in total. The maximum absolute atomic E-state index is 12.3. The van der Waals surface area contributed by atoms with E-state index in [-0.39, 0.29) is 5.91 Å².